The molecule has 0 aliphatic carbocycles. The quantitative estimate of drug-likeness (QED) is 0.651. The summed E-state index contributed by atoms with van der Waals surface area (Å²) < 4.78 is 0. The maximum Gasteiger partial charge on any atom is 0.317 e. The third-order valence-electron chi connectivity index (χ3n) is 2.54. The number of amides is 2. The number of hydrogen-bond acceptors (Lipinski definition) is 3. The molecule has 0 fully saturated rings. The molecule has 0 bridgehead atoms. The van der Waals surface area contributed by atoms with E-state index in [1.54, 1.807) is 7.05 Å². The lowest BCUT2D eigenvalue weighted by molar-refractivity contribution is -0.137. The highest BCUT2D eigenvalue weighted by atomic mass is 16.4. The van der Waals surface area contributed by atoms with E-state index in [9.17, 15) is 9.59 Å². The van der Waals surface area contributed by atoms with Crippen LogP contribution < -0.4 is 5.32 Å². The number of carboxylic acids is 1. The minimum absolute atomic E-state index is 0.0934. The zero-order chi connectivity index (χ0) is 13.3. The lowest BCUT2D eigenvalue weighted by Gasteiger charge is -2.19. The van der Waals surface area contributed by atoms with Gasteiger partial charge in [0.2, 0.25) is 0 Å². The van der Waals surface area contributed by atoms with Crippen LogP contribution in [0.1, 0.15) is 19.8 Å². The Hall–Kier alpha value is -1.30. The monoisotopic (exact) mass is 245 g/mol. The van der Waals surface area contributed by atoms with Crippen molar-refractivity contribution in [3.63, 3.8) is 0 Å². The smallest absolute Gasteiger partial charge is 0.317 e. The van der Waals surface area contributed by atoms with Crippen molar-refractivity contribution < 1.29 is 14.7 Å². The van der Waals surface area contributed by atoms with Crippen molar-refractivity contribution in [1.82, 2.24) is 15.1 Å². The van der Waals surface area contributed by atoms with Crippen LogP contribution in [0.4, 0.5) is 4.79 Å². The molecule has 0 spiro atoms. The Labute approximate surface area is 103 Å². The first-order valence-electron chi connectivity index (χ1n) is 5.86. The Morgan fingerprint density at radius 3 is 2.41 bits per heavy atom. The third-order valence-corrected chi connectivity index (χ3v) is 2.54. The molecule has 17 heavy (non-hydrogen) atoms. The van der Waals surface area contributed by atoms with E-state index in [1.165, 1.54) is 4.90 Å². The fraction of sp³-hybridized carbons (Fsp3) is 0.818. The van der Waals surface area contributed by atoms with Crippen LogP contribution in [-0.2, 0) is 4.79 Å². The Bertz CT molecular complexity index is 246. The van der Waals surface area contributed by atoms with E-state index in [1.807, 2.05) is 7.05 Å². The molecule has 0 aromatic heterocycles. The van der Waals surface area contributed by atoms with Gasteiger partial charge in [0.25, 0.3) is 0 Å². The maximum absolute atomic E-state index is 11.5. The second-order valence-electron chi connectivity index (χ2n) is 4.05. The average Bonchev–Trinajstić information content (AvgIpc) is 2.27. The fourth-order valence-corrected chi connectivity index (χ4v) is 1.22. The van der Waals surface area contributed by atoms with Gasteiger partial charge in [0.1, 0.15) is 0 Å². The summed E-state index contributed by atoms with van der Waals surface area (Å²) in [6.45, 7) is 4.88. The molecule has 0 aromatic carbocycles. The van der Waals surface area contributed by atoms with E-state index in [4.69, 9.17) is 5.11 Å². The molecule has 0 aromatic rings. The van der Waals surface area contributed by atoms with Crippen LogP contribution in [0.5, 0.6) is 0 Å². The van der Waals surface area contributed by atoms with Gasteiger partial charge >= 0.3 is 12.0 Å². The summed E-state index contributed by atoms with van der Waals surface area (Å²) in [4.78, 5) is 25.5. The molecule has 0 radical (unpaired) electrons. The summed E-state index contributed by atoms with van der Waals surface area (Å²) in [5.41, 5.74) is 0. The first-order chi connectivity index (χ1) is 7.97. The molecule has 0 saturated carbocycles. The van der Waals surface area contributed by atoms with Gasteiger partial charge in [0, 0.05) is 33.1 Å². The van der Waals surface area contributed by atoms with Crippen molar-refractivity contribution in [2.75, 3.05) is 40.3 Å². The Morgan fingerprint density at radius 1 is 1.24 bits per heavy atom. The SMILES string of the molecule is CCN(C)CCNC(=O)N(C)CCCC(=O)O. The molecule has 0 saturated heterocycles. The summed E-state index contributed by atoms with van der Waals surface area (Å²) in [5, 5.41) is 11.3. The molecular formula is C11H23N3O3. The van der Waals surface area contributed by atoms with Crippen molar-refractivity contribution in [2.24, 2.45) is 0 Å². The van der Waals surface area contributed by atoms with Crippen LogP contribution in [0.25, 0.3) is 0 Å². The molecule has 0 rings (SSSR count). The summed E-state index contributed by atoms with van der Waals surface area (Å²) in [7, 11) is 3.66. The van der Waals surface area contributed by atoms with Crippen molar-refractivity contribution in [3.05, 3.63) is 0 Å². The van der Waals surface area contributed by atoms with Crippen LogP contribution in [0.3, 0.4) is 0 Å². The standard InChI is InChI=1S/C11H23N3O3/c1-4-13(2)9-7-12-11(17)14(3)8-5-6-10(15)16/h4-9H2,1-3H3,(H,12,17)(H,15,16). The number of carbonyl (C=O) groups excluding carboxylic acids is 1. The van der Waals surface area contributed by atoms with E-state index < -0.39 is 5.97 Å². The fourth-order valence-electron chi connectivity index (χ4n) is 1.22. The van der Waals surface area contributed by atoms with Crippen molar-refractivity contribution in [2.45, 2.75) is 19.8 Å². The molecule has 2 amide bonds. The van der Waals surface area contributed by atoms with E-state index in [2.05, 4.69) is 17.1 Å². The number of aliphatic carboxylic acids is 1. The van der Waals surface area contributed by atoms with Gasteiger partial charge in [-0.3, -0.25) is 4.79 Å². The highest BCUT2D eigenvalue weighted by Gasteiger charge is 2.08. The van der Waals surface area contributed by atoms with Crippen molar-refractivity contribution in [3.8, 4) is 0 Å². The number of urea groups is 1. The number of carboxylic acid groups (broad SMARTS) is 1. The lowest BCUT2D eigenvalue weighted by Crippen LogP contribution is -2.41. The predicted octanol–water partition coefficient (Wildman–Crippen LogP) is 0.444. The zero-order valence-corrected chi connectivity index (χ0v) is 10.9. The van der Waals surface area contributed by atoms with Gasteiger partial charge in [-0.15, -0.1) is 0 Å². The number of hydrogen-bond donors (Lipinski definition) is 2. The summed E-state index contributed by atoms with van der Waals surface area (Å²) in [5.74, 6) is -0.830. The van der Waals surface area contributed by atoms with Crippen LogP contribution >= 0.6 is 0 Å². The summed E-state index contributed by atoms with van der Waals surface area (Å²) >= 11 is 0. The molecule has 6 heteroatoms. The zero-order valence-electron chi connectivity index (χ0n) is 10.9. The van der Waals surface area contributed by atoms with Gasteiger partial charge in [0.05, 0.1) is 0 Å². The molecule has 100 valence electrons. The molecular weight excluding hydrogens is 222 g/mol. The van der Waals surface area contributed by atoms with Crippen molar-refractivity contribution in [1.29, 1.82) is 0 Å². The average molecular weight is 245 g/mol. The van der Waals surface area contributed by atoms with Crippen LogP contribution in [0, 0.1) is 0 Å². The maximum atomic E-state index is 11.5. The molecule has 0 heterocycles. The normalized spacial score (nSPS) is 10.4. The molecule has 6 nitrogen and oxygen atoms in total. The Kier molecular flexibility index (Phi) is 8.13. The van der Waals surface area contributed by atoms with E-state index in [-0.39, 0.29) is 12.5 Å². The van der Waals surface area contributed by atoms with E-state index >= 15 is 0 Å². The van der Waals surface area contributed by atoms with Crippen LogP contribution in [-0.4, -0.2) is 67.2 Å². The number of carbonyl (C=O) groups is 2. The second kappa shape index (κ2) is 8.81. The second-order valence-corrected chi connectivity index (χ2v) is 4.05. The summed E-state index contributed by atoms with van der Waals surface area (Å²) in [6, 6.07) is -0.153. The third kappa shape index (κ3) is 8.50. The van der Waals surface area contributed by atoms with Crippen molar-refractivity contribution >= 4 is 12.0 Å². The first kappa shape index (κ1) is 15.7. The minimum Gasteiger partial charge on any atom is -0.481 e. The van der Waals surface area contributed by atoms with Gasteiger partial charge in [-0.2, -0.15) is 0 Å². The lowest BCUT2D eigenvalue weighted by atomic mass is 10.3. The van der Waals surface area contributed by atoms with Crippen LogP contribution in [0.15, 0.2) is 0 Å². The molecule has 0 atom stereocenters. The van der Waals surface area contributed by atoms with Gasteiger partial charge in [-0.1, -0.05) is 6.92 Å². The number of nitrogens with zero attached hydrogens (tertiary/aromatic N) is 2. The minimum atomic E-state index is -0.830. The van der Waals surface area contributed by atoms with E-state index in [0.717, 1.165) is 13.1 Å². The predicted molar refractivity (Wildman–Crippen MR) is 66.1 cm³/mol. The van der Waals surface area contributed by atoms with Gasteiger partial charge in [0.15, 0.2) is 0 Å². The van der Waals surface area contributed by atoms with Crippen LogP contribution in [0.2, 0.25) is 0 Å². The first-order valence-corrected chi connectivity index (χ1v) is 5.86. The summed E-state index contributed by atoms with van der Waals surface area (Å²) in [6.07, 6.45) is 0.574. The highest BCUT2D eigenvalue weighted by Crippen LogP contribution is 1.93. The van der Waals surface area contributed by atoms with E-state index in [0.29, 0.717) is 19.5 Å². The largest absolute Gasteiger partial charge is 0.481 e. The molecule has 0 unspecified atom stereocenters. The van der Waals surface area contributed by atoms with Gasteiger partial charge < -0.3 is 20.2 Å². The highest BCUT2D eigenvalue weighted by molar-refractivity contribution is 5.73. The number of likely N-dealkylation sites (N-methyl/N-ethyl adjacent to an activating group) is 1. The van der Waals surface area contributed by atoms with Gasteiger partial charge in [-0.25, -0.2) is 4.79 Å². The topological polar surface area (TPSA) is 72.9 Å². The van der Waals surface area contributed by atoms with Gasteiger partial charge in [-0.05, 0) is 20.0 Å². The number of rotatable bonds is 8. The Morgan fingerprint density at radius 2 is 1.88 bits per heavy atom. The molecule has 2 N–H and O–H groups in total. The molecule has 0 aliphatic heterocycles. The molecule has 0 aliphatic rings. The number of nitrogens with one attached hydrogen (secondary N) is 1. The Balaban J connectivity index is 3.63.